The maximum atomic E-state index is 6.20. The summed E-state index contributed by atoms with van der Waals surface area (Å²) in [5, 5.41) is 14.2. The number of thioether (sulfide) groups is 1. The van der Waals surface area contributed by atoms with Crippen LogP contribution < -0.4 is 0 Å². The van der Waals surface area contributed by atoms with Gasteiger partial charge < -0.3 is 4.42 Å². The van der Waals surface area contributed by atoms with Crippen LogP contribution >= 0.6 is 23.4 Å². The summed E-state index contributed by atoms with van der Waals surface area (Å²) in [7, 11) is 0. The third-order valence-electron chi connectivity index (χ3n) is 4.45. The van der Waals surface area contributed by atoms with E-state index in [-0.39, 0.29) is 0 Å². The van der Waals surface area contributed by atoms with Crippen LogP contribution in [0.1, 0.15) is 30.5 Å². The van der Waals surface area contributed by atoms with E-state index in [1.807, 2.05) is 53.2 Å². The Hall–Kier alpha value is -2.64. The summed E-state index contributed by atoms with van der Waals surface area (Å²) < 4.78 is 7.71. The summed E-state index contributed by atoms with van der Waals surface area (Å²) in [6.07, 6.45) is 2.33. The van der Waals surface area contributed by atoms with E-state index >= 15 is 0 Å². The van der Waals surface area contributed by atoms with Crippen molar-refractivity contribution < 1.29 is 4.42 Å². The standard InChI is InChI=1S/C20H16ClN5OS/c21-16-9-5-4-8-15(16)19-24-23-17(27-19)12-28-20-22-18(13-10-11-13)26(25-20)14-6-2-1-3-7-14/h1-9,13H,10-12H2. The van der Waals surface area contributed by atoms with E-state index in [0.717, 1.165) is 17.1 Å². The van der Waals surface area contributed by atoms with Crippen LogP contribution in [0.15, 0.2) is 64.2 Å². The molecule has 28 heavy (non-hydrogen) atoms. The van der Waals surface area contributed by atoms with E-state index in [1.165, 1.54) is 24.6 Å². The van der Waals surface area contributed by atoms with Crippen LogP contribution in [0, 0.1) is 0 Å². The Labute approximate surface area is 171 Å². The molecular weight excluding hydrogens is 394 g/mol. The van der Waals surface area contributed by atoms with Crippen molar-refractivity contribution >= 4 is 23.4 Å². The number of nitrogens with zero attached hydrogens (tertiary/aromatic N) is 5. The lowest BCUT2D eigenvalue weighted by molar-refractivity contribution is 0.528. The highest BCUT2D eigenvalue weighted by atomic mass is 35.5. The third-order valence-corrected chi connectivity index (χ3v) is 5.60. The maximum Gasteiger partial charge on any atom is 0.249 e. The SMILES string of the molecule is Clc1ccccc1-c1nnc(CSc2nc(C3CC3)n(-c3ccccc3)n2)o1. The van der Waals surface area contributed by atoms with Crippen molar-refractivity contribution in [3.63, 3.8) is 0 Å². The van der Waals surface area contributed by atoms with Gasteiger partial charge >= 0.3 is 0 Å². The molecule has 140 valence electrons. The van der Waals surface area contributed by atoms with Crippen molar-refractivity contribution in [2.24, 2.45) is 0 Å². The minimum absolute atomic E-state index is 0.419. The van der Waals surface area contributed by atoms with Crippen molar-refractivity contribution in [1.82, 2.24) is 25.0 Å². The molecule has 0 N–H and O–H groups in total. The molecule has 5 rings (SSSR count). The molecule has 0 spiro atoms. The first-order chi connectivity index (χ1) is 13.8. The summed E-state index contributed by atoms with van der Waals surface area (Å²) in [6, 6.07) is 17.5. The largest absolute Gasteiger partial charge is 0.420 e. The number of hydrogen-bond acceptors (Lipinski definition) is 6. The number of aromatic nitrogens is 5. The van der Waals surface area contributed by atoms with Crippen molar-refractivity contribution in [2.75, 3.05) is 0 Å². The zero-order valence-corrected chi connectivity index (χ0v) is 16.4. The number of benzene rings is 2. The van der Waals surface area contributed by atoms with Crippen molar-refractivity contribution in [3.8, 4) is 17.1 Å². The van der Waals surface area contributed by atoms with Gasteiger partial charge in [-0.3, -0.25) is 0 Å². The van der Waals surface area contributed by atoms with E-state index in [4.69, 9.17) is 26.1 Å². The van der Waals surface area contributed by atoms with Gasteiger partial charge in [0.05, 0.1) is 22.0 Å². The molecule has 0 bridgehead atoms. The number of para-hydroxylation sites is 1. The predicted octanol–water partition coefficient (Wildman–Crippen LogP) is 5.14. The molecule has 0 saturated heterocycles. The highest BCUT2D eigenvalue weighted by Crippen LogP contribution is 2.40. The fourth-order valence-corrected chi connectivity index (χ4v) is 3.80. The van der Waals surface area contributed by atoms with Crippen LogP contribution in [0.25, 0.3) is 17.1 Å². The summed E-state index contributed by atoms with van der Waals surface area (Å²) >= 11 is 7.69. The fourth-order valence-electron chi connectivity index (χ4n) is 2.91. The van der Waals surface area contributed by atoms with Gasteiger partial charge in [-0.25, -0.2) is 9.67 Å². The molecule has 6 nitrogen and oxygen atoms in total. The molecule has 0 amide bonds. The van der Waals surface area contributed by atoms with Gasteiger partial charge in [-0.15, -0.1) is 15.3 Å². The Kier molecular flexibility index (Phi) is 4.62. The first kappa shape index (κ1) is 17.5. The molecule has 0 radical (unpaired) electrons. The van der Waals surface area contributed by atoms with E-state index in [9.17, 15) is 0 Å². The van der Waals surface area contributed by atoms with Gasteiger partial charge in [0, 0.05) is 5.92 Å². The Bertz CT molecular complexity index is 1110. The quantitative estimate of drug-likeness (QED) is 0.410. The second-order valence-corrected chi connectivity index (χ2v) is 7.89. The van der Waals surface area contributed by atoms with E-state index in [2.05, 4.69) is 10.2 Å². The first-order valence-electron chi connectivity index (χ1n) is 9.00. The van der Waals surface area contributed by atoms with Crippen LogP contribution in [0.2, 0.25) is 5.02 Å². The number of hydrogen-bond donors (Lipinski definition) is 0. The molecule has 1 aliphatic rings. The van der Waals surface area contributed by atoms with Gasteiger partial charge in [-0.1, -0.05) is 53.7 Å². The second-order valence-electron chi connectivity index (χ2n) is 6.54. The van der Waals surface area contributed by atoms with Gasteiger partial charge in [-0.05, 0) is 37.1 Å². The van der Waals surface area contributed by atoms with Crippen molar-refractivity contribution in [1.29, 1.82) is 0 Å². The molecule has 2 aromatic carbocycles. The first-order valence-corrected chi connectivity index (χ1v) is 10.4. The van der Waals surface area contributed by atoms with Gasteiger partial charge in [0.2, 0.25) is 16.9 Å². The summed E-state index contributed by atoms with van der Waals surface area (Å²) in [4.78, 5) is 4.75. The van der Waals surface area contributed by atoms with Crippen LogP contribution in [-0.4, -0.2) is 25.0 Å². The predicted molar refractivity (Wildman–Crippen MR) is 108 cm³/mol. The second kappa shape index (κ2) is 7.41. The van der Waals surface area contributed by atoms with Gasteiger partial charge in [0.1, 0.15) is 5.82 Å². The Morgan fingerprint density at radius 1 is 1.04 bits per heavy atom. The highest BCUT2D eigenvalue weighted by Gasteiger charge is 2.30. The normalized spacial score (nSPS) is 13.8. The number of halogens is 1. The molecule has 1 aliphatic carbocycles. The summed E-state index contributed by atoms with van der Waals surface area (Å²) in [5.41, 5.74) is 1.76. The summed E-state index contributed by atoms with van der Waals surface area (Å²) in [6.45, 7) is 0. The molecule has 0 unspecified atom stereocenters. The zero-order valence-electron chi connectivity index (χ0n) is 14.8. The molecule has 8 heteroatoms. The lowest BCUT2D eigenvalue weighted by Crippen LogP contribution is -2.01. The topological polar surface area (TPSA) is 69.6 Å². The minimum Gasteiger partial charge on any atom is -0.420 e. The Morgan fingerprint density at radius 3 is 2.61 bits per heavy atom. The smallest absolute Gasteiger partial charge is 0.249 e. The van der Waals surface area contributed by atoms with Crippen LogP contribution in [0.4, 0.5) is 0 Å². The van der Waals surface area contributed by atoms with Gasteiger partial charge in [0.15, 0.2) is 0 Å². The third kappa shape index (κ3) is 3.55. The molecule has 0 aliphatic heterocycles. The Morgan fingerprint density at radius 2 is 1.82 bits per heavy atom. The average Bonchev–Trinajstić information content (AvgIpc) is 3.31. The van der Waals surface area contributed by atoms with E-state index < -0.39 is 0 Å². The molecule has 2 heterocycles. The van der Waals surface area contributed by atoms with E-state index in [1.54, 1.807) is 6.07 Å². The molecular formula is C20H16ClN5OS. The van der Waals surface area contributed by atoms with Crippen molar-refractivity contribution in [2.45, 2.75) is 29.7 Å². The minimum atomic E-state index is 0.419. The summed E-state index contributed by atoms with van der Waals surface area (Å²) in [5.74, 6) is 2.96. The van der Waals surface area contributed by atoms with Gasteiger partial charge in [-0.2, -0.15) is 0 Å². The van der Waals surface area contributed by atoms with Gasteiger partial charge in [0.25, 0.3) is 0 Å². The lowest BCUT2D eigenvalue weighted by Gasteiger charge is -2.03. The van der Waals surface area contributed by atoms with Crippen LogP contribution in [0.3, 0.4) is 0 Å². The average molecular weight is 410 g/mol. The molecule has 2 aromatic heterocycles. The van der Waals surface area contributed by atoms with Crippen LogP contribution in [0.5, 0.6) is 0 Å². The Balaban J connectivity index is 1.34. The number of rotatable bonds is 6. The lowest BCUT2D eigenvalue weighted by atomic mass is 10.2. The highest BCUT2D eigenvalue weighted by molar-refractivity contribution is 7.98. The van der Waals surface area contributed by atoms with Crippen LogP contribution in [-0.2, 0) is 5.75 Å². The molecule has 4 aromatic rings. The monoisotopic (exact) mass is 409 g/mol. The molecule has 1 fully saturated rings. The zero-order chi connectivity index (χ0) is 18.9. The van der Waals surface area contributed by atoms with Crippen molar-refractivity contribution in [3.05, 3.63) is 71.3 Å². The molecule has 0 atom stereocenters. The maximum absolute atomic E-state index is 6.20. The van der Waals surface area contributed by atoms with E-state index in [0.29, 0.717) is 33.6 Å². The molecule has 1 saturated carbocycles. The fraction of sp³-hybridized carbons (Fsp3) is 0.200.